The van der Waals surface area contributed by atoms with Crippen molar-refractivity contribution in [3.8, 4) is 5.69 Å². The van der Waals surface area contributed by atoms with Gasteiger partial charge in [-0.1, -0.05) is 41.9 Å². The Morgan fingerprint density at radius 3 is 2.49 bits per heavy atom. The molecule has 2 aliphatic rings. The average molecular weight is 485 g/mol. The van der Waals surface area contributed by atoms with E-state index in [9.17, 15) is 14.9 Å². The highest BCUT2D eigenvalue weighted by atomic mass is 35.5. The average Bonchev–Trinajstić information content (AvgIpc) is 3.20. The topological polar surface area (TPSA) is 106 Å². The normalized spacial score (nSPS) is 16.1. The van der Waals surface area contributed by atoms with Crippen molar-refractivity contribution in [1.29, 1.82) is 0 Å². The number of aliphatic imine (C=N–C) groups is 1. The Kier molecular flexibility index (Phi) is 4.68. The molecule has 0 spiro atoms. The number of nitro groups is 1. The zero-order valence-electron chi connectivity index (χ0n) is 18.3. The number of halogens is 1. The molecule has 0 radical (unpaired) electrons. The van der Waals surface area contributed by atoms with E-state index in [1.54, 1.807) is 16.8 Å². The molecule has 1 atom stereocenters. The third kappa shape index (κ3) is 3.20. The van der Waals surface area contributed by atoms with E-state index in [0.29, 0.717) is 27.9 Å². The van der Waals surface area contributed by atoms with Crippen molar-refractivity contribution in [2.24, 2.45) is 4.99 Å². The van der Waals surface area contributed by atoms with Crippen molar-refractivity contribution in [3.05, 3.63) is 105 Å². The first-order valence-electron chi connectivity index (χ1n) is 10.8. The van der Waals surface area contributed by atoms with E-state index in [4.69, 9.17) is 21.7 Å². The standard InChI is InChI=1S/C25H17ClN6O3/c1-14-21-22(17-6-2-3-7-18(17)26)30-20-9-5-4-8-19(20)27-25(33)24(30)28-23(21)31(29-14)15-10-12-16(13-11-15)32(34)35/h2-13,22H,1H3,(H,27,33). The van der Waals surface area contributed by atoms with Crippen molar-refractivity contribution in [3.63, 3.8) is 0 Å². The minimum atomic E-state index is -0.467. The first kappa shape index (κ1) is 21.1. The molecular formula is C25H17ClN6O3. The molecule has 9 nitrogen and oxygen atoms in total. The Labute approximate surface area is 204 Å². The van der Waals surface area contributed by atoms with Crippen LogP contribution in [0.1, 0.15) is 22.9 Å². The molecule has 0 fully saturated rings. The van der Waals surface area contributed by atoms with Gasteiger partial charge in [0.25, 0.3) is 11.6 Å². The molecular weight excluding hydrogens is 468 g/mol. The molecule has 3 aromatic carbocycles. The number of benzene rings is 3. The van der Waals surface area contributed by atoms with E-state index in [1.165, 1.54) is 12.1 Å². The van der Waals surface area contributed by atoms with Gasteiger partial charge in [0.15, 0.2) is 5.82 Å². The van der Waals surface area contributed by atoms with Crippen LogP contribution in [-0.4, -0.2) is 26.4 Å². The van der Waals surface area contributed by atoms with Crippen molar-refractivity contribution in [2.45, 2.75) is 13.0 Å². The summed E-state index contributed by atoms with van der Waals surface area (Å²) in [5, 5.41) is 19.3. The summed E-state index contributed by atoms with van der Waals surface area (Å²) in [7, 11) is 0. The Balaban J connectivity index is 1.63. The zero-order chi connectivity index (χ0) is 24.3. The Bertz CT molecular complexity index is 1560. The van der Waals surface area contributed by atoms with Gasteiger partial charge in [0, 0.05) is 22.7 Å². The Morgan fingerprint density at radius 1 is 1.03 bits per heavy atom. The number of carbonyl (C=O) groups is 1. The number of nitro benzene ring substituents is 1. The van der Waals surface area contributed by atoms with Gasteiger partial charge < -0.3 is 10.2 Å². The molecule has 3 heterocycles. The van der Waals surface area contributed by atoms with E-state index in [1.807, 2.05) is 60.4 Å². The Morgan fingerprint density at radius 2 is 1.74 bits per heavy atom. The third-order valence-corrected chi connectivity index (χ3v) is 6.52. The smallest absolute Gasteiger partial charge is 0.291 e. The SMILES string of the molecule is Cc1nn(-c2ccc([N+](=O)[O-])cc2)c2c1C(c1ccccc1Cl)N1C(=N2)C(=O)Nc2ccccc21. The summed E-state index contributed by atoms with van der Waals surface area (Å²) in [6, 6.07) is 20.6. The molecule has 0 bridgehead atoms. The lowest BCUT2D eigenvalue weighted by Crippen LogP contribution is -2.48. The number of non-ortho nitro benzene ring substituents is 1. The second kappa shape index (κ2) is 7.78. The number of hydrogen-bond acceptors (Lipinski definition) is 6. The fraction of sp³-hybridized carbons (Fsp3) is 0.0800. The fourth-order valence-electron chi connectivity index (χ4n) is 4.63. The maximum absolute atomic E-state index is 13.2. The van der Waals surface area contributed by atoms with Gasteiger partial charge >= 0.3 is 0 Å². The number of rotatable bonds is 3. The highest BCUT2D eigenvalue weighted by Crippen LogP contribution is 2.48. The number of amidine groups is 1. The second-order valence-electron chi connectivity index (χ2n) is 8.21. The maximum Gasteiger partial charge on any atom is 0.291 e. The molecule has 1 unspecified atom stereocenters. The summed E-state index contributed by atoms with van der Waals surface area (Å²) in [6.07, 6.45) is 0. The van der Waals surface area contributed by atoms with Crippen molar-refractivity contribution in [2.75, 3.05) is 10.2 Å². The lowest BCUT2D eigenvalue weighted by molar-refractivity contribution is -0.384. The largest absolute Gasteiger partial charge is 0.317 e. The fourth-order valence-corrected chi connectivity index (χ4v) is 4.87. The summed E-state index contributed by atoms with van der Waals surface area (Å²) in [6.45, 7) is 1.88. The summed E-state index contributed by atoms with van der Waals surface area (Å²) in [5.74, 6) is 0.340. The summed E-state index contributed by atoms with van der Waals surface area (Å²) in [5.41, 5.74) is 4.34. The van der Waals surface area contributed by atoms with Gasteiger partial charge in [-0.2, -0.15) is 5.10 Å². The van der Waals surface area contributed by atoms with Gasteiger partial charge in [0.1, 0.15) is 0 Å². The summed E-state index contributed by atoms with van der Waals surface area (Å²) in [4.78, 5) is 30.5. The van der Waals surface area contributed by atoms with Gasteiger partial charge in [-0.05, 0) is 42.8 Å². The number of nitrogens with zero attached hydrogens (tertiary/aromatic N) is 5. The van der Waals surface area contributed by atoms with Crippen molar-refractivity contribution in [1.82, 2.24) is 9.78 Å². The van der Waals surface area contributed by atoms with E-state index >= 15 is 0 Å². The number of amides is 1. The third-order valence-electron chi connectivity index (χ3n) is 6.17. The molecule has 1 amide bonds. The van der Waals surface area contributed by atoms with Gasteiger partial charge in [-0.25, -0.2) is 9.67 Å². The number of nitrogens with one attached hydrogen (secondary N) is 1. The number of hydrogen-bond donors (Lipinski definition) is 1. The van der Waals surface area contributed by atoms with Crippen LogP contribution in [0.4, 0.5) is 22.9 Å². The molecule has 0 aliphatic carbocycles. The minimum Gasteiger partial charge on any atom is -0.317 e. The predicted octanol–water partition coefficient (Wildman–Crippen LogP) is 5.33. The lowest BCUT2D eigenvalue weighted by Gasteiger charge is -2.40. The van der Waals surface area contributed by atoms with Crippen LogP contribution in [0.2, 0.25) is 5.02 Å². The van der Waals surface area contributed by atoms with E-state index in [-0.39, 0.29) is 17.4 Å². The molecule has 1 N–H and O–H groups in total. The van der Waals surface area contributed by atoms with Crippen LogP contribution >= 0.6 is 11.6 Å². The molecule has 35 heavy (non-hydrogen) atoms. The number of anilines is 2. The summed E-state index contributed by atoms with van der Waals surface area (Å²) >= 11 is 6.68. The van der Waals surface area contributed by atoms with Crippen LogP contribution in [0.5, 0.6) is 0 Å². The Hall–Kier alpha value is -4.50. The number of aromatic nitrogens is 2. The van der Waals surface area contributed by atoms with Crippen LogP contribution in [0.3, 0.4) is 0 Å². The van der Waals surface area contributed by atoms with Crippen LogP contribution in [0.25, 0.3) is 5.69 Å². The molecule has 0 saturated heterocycles. The monoisotopic (exact) mass is 484 g/mol. The minimum absolute atomic E-state index is 0.0267. The molecule has 10 heteroatoms. The number of para-hydroxylation sites is 2. The number of aryl methyl sites for hydroxylation is 1. The van der Waals surface area contributed by atoms with Gasteiger partial charge in [-0.15, -0.1) is 0 Å². The van der Waals surface area contributed by atoms with Crippen LogP contribution in [0.15, 0.2) is 77.8 Å². The predicted molar refractivity (Wildman–Crippen MR) is 133 cm³/mol. The summed E-state index contributed by atoms with van der Waals surface area (Å²) < 4.78 is 1.61. The first-order valence-corrected chi connectivity index (χ1v) is 11.2. The van der Waals surface area contributed by atoms with Gasteiger partial charge in [-0.3, -0.25) is 14.9 Å². The quantitative estimate of drug-likeness (QED) is 0.312. The van der Waals surface area contributed by atoms with E-state index in [0.717, 1.165) is 16.8 Å². The van der Waals surface area contributed by atoms with Crippen molar-refractivity contribution < 1.29 is 9.72 Å². The molecule has 2 aliphatic heterocycles. The van der Waals surface area contributed by atoms with Crippen LogP contribution < -0.4 is 10.2 Å². The molecule has 6 rings (SSSR count). The van der Waals surface area contributed by atoms with Gasteiger partial charge in [0.05, 0.1) is 33.7 Å². The molecule has 4 aromatic rings. The molecule has 172 valence electrons. The highest BCUT2D eigenvalue weighted by Gasteiger charge is 2.43. The molecule has 0 saturated carbocycles. The van der Waals surface area contributed by atoms with E-state index < -0.39 is 11.0 Å². The highest BCUT2D eigenvalue weighted by molar-refractivity contribution is 6.50. The lowest BCUT2D eigenvalue weighted by atomic mass is 9.93. The van der Waals surface area contributed by atoms with E-state index in [2.05, 4.69) is 5.32 Å². The maximum atomic E-state index is 13.2. The zero-order valence-corrected chi connectivity index (χ0v) is 19.1. The second-order valence-corrected chi connectivity index (χ2v) is 8.62. The van der Waals surface area contributed by atoms with Crippen molar-refractivity contribution >= 4 is 46.2 Å². The van der Waals surface area contributed by atoms with Crippen LogP contribution in [0, 0.1) is 17.0 Å². The first-order chi connectivity index (χ1) is 16.9. The number of fused-ring (bicyclic) bond motifs is 4. The number of carbonyl (C=O) groups excluding carboxylic acids is 1. The van der Waals surface area contributed by atoms with Crippen LogP contribution in [-0.2, 0) is 4.79 Å². The molecule has 1 aromatic heterocycles. The van der Waals surface area contributed by atoms with Gasteiger partial charge in [0.2, 0.25) is 5.84 Å².